The lowest BCUT2D eigenvalue weighted by Crippen LogP contribution is -2.09. The molecule has 3 nitrogen and oxygen atoms in total. The van der Waals surface area contributed by atoms with Crippen LogP contribution >= 0.6 is 0 Å². The molecule has 0 unspecified atom stereocenters. The fraction of sp³-hybridized carbons (Fsp3) is 0.125. The topological polar surface area (TPSA) is 46.5 Å². The molecule has 0 fully saturated rings. The molecule has 3 heteroatoms. The monoisotopic (exact) mass is 150 g/mol. The van der Waals surface area contributed by atoms with Gasteiger partial charge in [-0.25, -0.2) is 4.79 Å². The van der Waals surface area contributed by atoms with Gasteiger partial charge in [0.1, 0.15) is 5.75 Å². The molecular formula is C8H6O3. The third-order valence-electron chi connectivity index (χ3n) is 0.971. The number of benzene rings is 1. The highest BCUT2D eigenvalue weighted by atomic mass is 16.5. The summed E-state index contributed by atoms with van der Waals surface area (Å²) in [4.78, 5) is 10.0. The molecule has 1 aromatic carbocycles. The highest BCUT2D eigenvalue weighted by molar-refractivity contribution is 5.68. The van der Waals surface area contributed by atoms with Crippen LogP contribution in [0.4, 0.5) is 0 Å². The first-order valence-electron chi connectivity index (χ1n) is 3.01. The Morgan fingerprint density at radius 2 is 2.45 bits per heavy atom. The van der Waals surface area contributed by atoms with Crippen LogP contribution < -0.4 is 4.74 Å². The lowest BCUT2D eigenvalue weighted by Gasteiger charge is -1.99. The van der Waals surface area contributed by atoms with E-state index in [1.54, 1.807) is 12.1 Å². The lowest BCUT2D eigenvalue weighted by atomic mass is 10.3. The standard InChI is InChI=1S/C8H6O3/c9-8(10)6-11-7-4-2-1-3-5-7/h1-2,5H,6H2,(H,9,10). The maximum Gasteiger partial charge on any atom is 0.341 e. The second kappa shape index (κ2) is 3.61. The lowest BCUT2D eigenvalue weighted by molar-refractivity contribution is -0.139. The van der Waals surface area contributed by atoms with Crippen molar-refractivity contribution in [1.29, 1.82) is 0 Å². The second-order valence-corrected chi connectivity index (χ2v) is 1.84. The first kappa shape index (κ1) is 7.60. The van der Waals surface area contributed by atoms with Gasteiger partial charge in [0.25, 0.3) is 0 Å². The molecule has 2 radical (unpaired) electrons. The molecule has 0 aliphatic carbocycles. The summed E-state index contributed by atoms with van der Waals surface area (Å²) in [5.74, 6) is -0.600. The zero-order valence-corrected chi connectivity index (χ0v) is 5.70. The van der Waals surface area contributed by atoms with Crippen LogP contribution in [0.3, 0.4) is 0 Å². The Balaban J connectivity index is 2.45. The van der Waals surface area contributed by atoms with Crippen LogP contribution in [0.2, 0.25) is 0 Å². The molecule has 0 aliphatic heterocycles. The molecule has 1 N–H and O–H groups in total. The van der Waals surface area contributed by atoms with E-state index in [0.717, 1.165) is 0 Å². The van der Waals surface area contributed by atoms with Crippen molar-refractivity contribution >= 4 is 5.97 Å². The van der Waals surface area contributed by atoms with Crippen molar-refractivity contribution in [1.82, 2.24) is 0 Å². The Bertz CT molecular complexity index is 230. The Labute approximate surface area is 64.2 Å². The van der Waals surface area contributed by atoms with E-state index >= 15 is 0 Å². The van der Waals surface area contributed by atoms with E-state index < -0.39 is 5.97 Å². The number of hydrogen-bond donors (Lipinski definition) is 1. The fourth-order valence-corrected chi connectivity index (χ4v) is 0.560. The largest absolute Gasteiger partial charge is 0.481 e. The number of carboxylic acids is 1. The van der Waals surface area contributed by atoms with Gasteiger partial charge in [-0.05, 0) is 18.2 Å². The highest BCUT2D eigenvalue weighted by Crippen LogP contribution is 2.05. The summed E-state index contributed by atoms with van der Waals surface area (Å²) in [5.41, 5.74) is 0. The van der Waals surface area contributed by atoms with Gasteiger partial charge >= 0.3 is 5.97 Å². The third-order valence-corrected chi connectivity index (χ3v) is 0.971. The summed E-state index contributed by atoms with van der Waals surface area (Å²) in [6.45, 7) is -0.339. The van der Waals surface area contributed by atoms with Crippen molar-refractivity contribution in [2.45, 2.75) is 0 Å². The molecule has 0 aromatic heterocycles. The zero-order chi connectivity index (χ0) is 8.10. The van der Waals surface area contributed by atoms with Crippen molar-refractivity contribution in [3.8, 4) is 5.75 Å². The van der Waals surface area contributed by atoms with Crippen LogP contribution in [0.25, 0.3) is 0 Å². The fourth-order valence-electron chi connectivity index (χ4n) is 0.560. The zero-order valence-electron chi connectivity index (χ0n) is 5.70. The maximum absolute atomic E-state index is 10.0. The van der Waals surface area contributed by atoms with Crippen LogP contribution in [0.1, 0.15) is 0 Å². The van der Waals surface area contributed by atoms with Crippen molar-refractivity contribution < 1.29 is 14.6 Å². The molecule has 0 heterocycles. The molecule has 0 saturated heterocycles. The van der Waals surface area contributed by atoms with Gasteiger partial charge in [-0.3, -0.25) is 0 Å². The van der Waals surface area contributed by atoms with Crippen LogP contribution in [-0.2, 0) is 4.79 Å². The van der Waals surface area contributed by atoms with E-state index in [2.05, 4.69) is 12.1 Å². The second-order valence-electron chi connectivity index (χ2n) is 1.84. The van der Waals surface area contributed by atoms with Gasteiger partial charge in [-0.1, -0.05) is 6.07 Å². The number of rotatable bonds is 3. The number of ether oxygens (including phenoxy) is 1. The molecule has 0 saturated carbocycles. The van der Waals surface area contributed by atoms with E-state index in [4.69, 9.17) is 9.84 Å². The van der Waals surface area contributed by atoms with Crippen molar-refractivity contribution in [2.75, 3.05) is 6.61 Å². The van der Waals surface area contributed by atoms with Crippen molar-refractivity contribution in [3.63, 3.8) is 0 Å². The van der Waals surface area contributed by atoms with Crippen LogP contribution in [-0.4, -0.2) is 17.7 Å². The van der Waals surface area contributed by atoms with Gasteiger partial charge < -0.3 is 9.84 Å². The third kappa shape index (κ3) is 2.71. The highest BCUT2D eigenvalue weighted by Gasteiger charge is 1.96. The van der Waals surface area contributed by atoms with E-state index in [9.17, 15) is 4.79 Å². The Morgan fingerprint density at radius 3 is 3.00 bits per heavy atom. The van der Waals surface area contributed by atoms with Crippen LogP contribution in [0.15, 0.2) is 18.2 Å². The number of carbonyl (C=O) groups is 1. The van der Waals surface area contributed by atoms with E-state index in [0.29, 0.717) is 5.75 Å². The van der Waals surface area contributed by atoms with Crippen molar-refractivity contribution in [2.24, 2.45) is 0 Å². The van der Waals surface area contributed by atoms with Gasteiger partial charge in [-0.2, -0.15) is 0 Å². The Kier molecular flexibility index (Phi) is 2.49. The molecule has 0 spiro atoms. The van der Waals surface area contributed by atoms with Gasteiger partial charge in [0, 0.05) is 6.07 Å². The summed E-state index contributed by atoms with van der Waals surface area (Å²) >= 11 is 0. The smallest absolute Gasteiger partial charge is 0.341 e. The molecular weight excluding hydrogens is 144 g/mol. The molecule has 0 atom stereocenters. The minimum absolute atomic E-state index is 0.339. The predicted octanol–water partition coefficient (Wildman–Crippen LogP) is 0.750. The minimum atomic E-state index is -0.998. The molecule has 0 amide bonds. The molecule has 56 valence electrons. The van der Waals surface area contributed by atoms with Crippen LogP contribution in [0, 0.1) is 12.1 Å². The molecule has 1 rings (SSSR count). The van der Waals surface area contributed by atoms with Gasteiger partial charge in [0.2, 0.25) is 0 Å². The van der Waals surface area contributed by atoms with E-state index in [1.165, 1.54) is 6.07 Å². The van der Waals surface area contributed by atoms with Gasteiger partial charge in [0.05, 0.1) is 0 Å². The Hall–Kier alpha value is -1.51. The summed E-state index contributed by atoms with van der Waals surface area (Å²) < 4.78 is 4.78. The number of aliphatic carboxylic acids is 1. The van der Waals surface area contributed by atoms with Gasteiger partial charge in [0.15, 0.2) is 6.61 Å². The molecule has 11 heavy (non-hydrogen) atoms. The average molecular weight is 150 g/mol. The molecule has 0 aliphatic rings. The summed E-state index contributed by atoms with van der Waals surface area (Å²) in [6, 6.07) is 10.2. The first-order valence-corrected chi connectivity index (χ1v) is 3.01. The maximum atomic E-state index is 10.0. The SMILES string of the molecule is O=C(O)COc1[c]cc[c]c1. The number of hydrogen-bond acceptors (Lipinski definition) is 2. The predicted molar refractivity (Wildman–Crippen MR) is 37.2 cm³/mol. The van der Waals surface area contributed by atoms with E-state index in [-0.39, 0.29) is 6.61 Å². The van der Waals surface area contributed by atoms with Crippen molar-refractivity contribution in [3.05, 3.63) is 30.3 Å². The Morgan fingerprint density at radius 1 is 1.64 bits per heavy atom. The summed E-state index contributed by atoms with van der Waals surface area (Å²) in [7, 11) is 0. The summed E-state index contributed by atoms with van der Waals surface area (Å²) in [6.07, 6.45) is 0. The summed E-state index contributed by atoms with van der Waals surface area (Å²) in [5, 5.41) is 8.23. The minimum Gasteiger partial charge on any atom is -0.481 e. The average Bonchev–Trinajstić information content (AvgIpc) is 2.03. The van der Waals surface area contributed by atoms with Crippen LogP contribution in [0.5, 0.6) is 5.75 Å². The quantitative estimate of drug-likeness (QED) is 0.691. The number of carboxylic acid groups (broad SMARTS) is 1. The van der Waals surface area contributed by atoms with Gasteiger partial charge in [-0.15, -0.1) is 0 Å². The molecule has 1 aromatic rings. The molecule has 0 bridgehead atoms. The first-order chi connectivity index (χ1) is 5.29. The van der Waals surface area contributed by atoms with E-state index in [1.807, 2.05) is 0 Å². The normalized spacial score (nSPS) is 9.09.